The largest absolute Gasteiger partial charge is 0.439 e. The van der Waals surface area contributed by atoms with Crippen LogP contribution in [-0.4, -0.2) is 21.2 Å². The summed E-state index contributed by atoms with van der Waals surface area (Å²) in [6.07, 6.45) is 1.25. The second-order valence-corrected chi connectivity index (χ2v) is 3.73. The van der Waals surface area contributed by atoms with Crippen LogP contribution in [-0.2, 0) is 7.05 Å². The molecular weight excluding hydrogens is 237 g/mol. The molecule has 2 aromatic rings. The fourth-order valence-corrected chi connectivity index (χ4v) is 1.60. The summed E-state index contributed by atoms with van der Waals surface area (Å²) >= 11 is 0. The molecule has 0 saturated heterocycles. The van der Waals surface area contributed by atoms with Gasteiger partial charge in [0.2, 0.25) is 5.88 Å². The van der Waals surface area contributed by atoms with Crippen LogP contribution in [0.2, 0.25) is 0 Å². The van der Waals surface area contributed by atoms with Gasteiger partial charge in [-0.1, -0.05) is 5.16 Å². The summed E-state index contributed by atoms with van der Waals surface area (Å²) in [6, 6.07) is 5.63. The third-order valence-corrected chi connectivity index (χ3v) is 2.43. The fourth-order valence-electron chi connectivity index (χ4n) is 1.60. The second-order valence-electron chi connectivity index (χ2n) is 3.73. The minimum Gasteiger partial charge on any atom is -0.439 e. The van der Waals surface area contributed by atoms with Crippen LogP contribution in [0.3, 0.4) is 0 Å². The lowest BCUT2D eigenvalue weighted by Gasteiger charge is -2.06. The minimum absolute atomic E-state index is 0.333. The van der Waals surface area contributed by atoms with Crippen LogP contribution in [0.5, 0.6) is 11.6 Å². The van der Waals surface area contributed by atoms with Gasteiger partial charge in [-0.15, -0.1) is 0 Å². The van der Waals surface area contributed by atoms with E-state index in [4.69, 9.17) is 9.94 Å². The molecular formula is C12H12FN3O2. The van der Waals surface area contributed by atoms with Gasteiger partial charge in [-0.05, 0) is 31.2 Å². The summed E-state index contributed by atoms with van der Waals surface area (Å²) in [7, 11) is 1.71. The number of hydrogen-bond acceptors (Lipinski definition) is 4. The van der Waals surface area contributed by atoms with Gasteiger partial charge >= 0.3 is 0 Å². The van der Waals surface area contributed by atoms with Crippen LogP contribution in [0, 0.1) is 12.7 Å². The number of aromatic nitrogens is 2. The zero-order chi connectivity index (χ0) is 13.1. The molecule has 94 valence electrons. The number of nitrogens with zero attached hydrogens (tertiary/aromatic N) is 3. The molecule has 0 spiro atoms. The molecule has 0 aliphatic rings. The molecule has 1 heterocycles. The molecule has 5 nitrogen and oxygen atoms in total. The van der Waals surface area contributed by atoms with Crippen molar-refractivity contribution in [2.75, 3.05) is 0 Å². The number of aryl methyl sites for hydroxylation is 2. The monoisotopic (exact) mass is 249 g/mol. The van der Waals surface area contributed by atoms with Crippen molar-refractivity contribution in [3.05, 3.63) is 41.3 Å². The summed E-state index contributed by atoms with van der Waals surface area (Å²) in [5.74, 6) is 0.574. The summed E-state index contributed by atoms with van der Waals surface area (Å²) in [5.41, 5.74) is 1.25. The lowest BCUT2D eigenvalue weighted by molar-refractivity contribution is 0.321. The first-order chi connectivity index (χ1) is 8.61. The van der Waals surface area contributed by atoms with Crippen LogP contribution in [0.25, 0.3) is 0 Å². The van der Waals surface area contributed by atoms with E-state index in [0.717, 1.165) is 0 Å². The quantitative estimate of drug-likeness (QED) is 0.516. The summed E-state index contributed by atoms with van der Waals surface area (Å²) < 4.78 is 19.9. The Morgan fingerprint density at radius 2 is 2.06 bits per heavy atom. The van der Waals surface area contributed by atoms with Crippen molar-refractivity contribution in [2.24, 2.45) is 12.2 Å². The average Bonchev–Trinajstić information content (AvgIpc) is 2.59. The van der Waals surface area contributed by atoms with Crippen molar-refractivity contribution in [1.29, 1.82) is 0 Å². The number of benzene rings is 1. The molecule has 0 aliphatic carbocycles. The average molecular weight is 249 g/mol. The van der Waals surface area contributed by atoms with Gasteiger partial charge in [0.05, 0.1) is 17.5 Å². The summed E-state index contributed by atoms with van der Waals surface area (Å²) in [5, 5.41) is 15.7. The first-order valence-corrected chi connectivity index (χ1v) is 5.26. The Hall–Kier alpha value is -2.37. The molecule has 0 unspecified atom stereocenters. The SMILES string of the molecule is Cc1nn(C)c(Oc2ccc(F)cc2)c1/C=N\O. The normalized spacial score (nSPS) is 11.1. The van der Waals surface area contributed by atoms with Crippen molar-refractivity contribution in [3.8, 4) is 11.6 Å². The molecule has 0 bridgehead atoms. The van der Waals surface area contributed by atoms with E-state index in [0.29, 0.717) is 22.9 Å². The first-order valence-electron chi connectivity index (χ1n) is 5.26. The zero-order valence-electron chi connectivity index (χ0n) is 9.96. The van der Waals surface area contributed by atoms with Crippen molar-refractivity contribution < 1.29 is 14.3 Å². The van der Waals surface area contributed by atoms with Crippen LogP contribution in [0.15, 0.2) is 29.4 Å². The number of rotatable bonds is 3. The molecule has 0 amide bonds. The maximum absolute atomic E-state index is 12.8. The lowest BCUT2D eigenvalue weighted by Crippen LogP contribution is -1.97. The van der Waals surface area contributed by atoms with Crippen LogP contribution >= 0.6 is 0 Å². The smallest absolute Gasteiger partial charge is 0.226 e. The second kappa shape index (κ2) is 4.87. The van der Waals surface area contributed by atoms with Crippen molar-refractivity contribution in [2.45, 2.75) is 6.92 Å². The zero-order valence-corrected chi connectivity index (χ0v) is 9.96. The molecule has 1 aromatic carbocycles. The minimum atomic E-state index is -0.333. The molecule has 0 radical (unpaired) electrons. The van der Waals surface area contributed by atoms with Gasteiger partial charge in [0.25, 0.3) is 0 Å². The van der Waals surface area contributed by atoms with Gasteiger partial charge in [0.15, 0.2) is 0 Å². The van der Waals surface area contributed by atoms with Crippen LogP contribution in [0.4, 0.5) is 4.39 Å². The van der Waals surface area contributed by atoms with E-state index in [1.54, 1.807) is 14.0 Å². The standard InChI is InChI=1S/C12H12FN3O2/c1-8-11(7-14-17)12(16(2)15-8)18-10-5-3-9(13)4-6-10/h3-7,17H,1-2H3/b14-7-. The van der Waals surface area contributed by atoms with Crippen LogP contribution < -0.4 is 4.74 Å². The molecule has 2 rings (SSSR count). The summed E-state index contributed by atoms with van der Waals surface area (Å²) in [6.45, 7) is 1.77. The molecule has 0 fully saturated rings. The highest BCUT2D eigenvalue weighted by Gasteiger charge is 2.14. The van der Waals surface area contributed by atoms with E-state index in [9.17, 15) is 4.39 Å². The van der Waals surface area contributed by atoms with Gasteiger partial charge in [-0.25, -0.2) is 9.07 Å². The van der Waals surface area contributed by atoms with Crippen molar-refractivity contribution >= 4 is 6.21 Å². The predicted octanol–water partition coefficient (Wildman–Crippen LogP) is 2.47. The molecule has 0 saturated carbocycles. The molecule has 1 N–H and O–H groups in total. The van der Waals surface area contributed by atoms with E-state index >= 15 is 0 Å². The Balaban J connectivity index is 2.36. The van der Waals surface area contributed by atoms with Gasteiger partial charge in [-0.2, -0.15) is 5.10 Å². The Labute approximate surface area is 103 Å². The number of oxime groups is 1. The van der Waals surface area contributed by atoms with Gasteiger partial charge in [0, 0.05) is 7.05 Å². The van der Waals surface area contributed by atoms with E-state index < -0.39 is 0 Å². The van der Waals surface area contributed by atoms with Gasteiger partial charge < -0.3 is 9.94 Å². The predicted molar refractivity (Wildman–Crippen MR) is 63.8 cm³/mol. The summed E-state index contributed by atoms with van der Waals surface area (Å²) in [4.78, 5) is 0. The Bertz CT molecular complexity index is 576. The van der Waals surface area contributed by atoms with Gasteiger partial charge in [0.1, 0.15) is 11.6 Å². The number of ether oxygens (including phenoxy) is 1. The third kappa shape index (κ3) is 2.32. The Morgan fingerprint density at radius 1 is 1.39 bits per heavy atom. The number of hydrogen-bond donors (Lipinski definition) is 1. The lowest BCUT2D eigenvalue weighted by atomic mass is 10.3. The van der Waals surface area contributed by atoms with E-state index in [-0.39, 0.29) is 5.82 Å². The van der Waals surface area contributed by atoms with E-state index in [2.05, 4.69) is 10.3 Å². The number of halogens is 1. The fraction of sp³-hybridized carbons (Fsp3) is 0.167. The Kier molecular flexibility index (Phi) is 3.27. The van der Waals surface area contributed by atoms with Crippen molar-refractivity contribution in [1.82, 2.24) is 9.78 Å². The maximum atomic E-state index is 12.8. The highest BCUT2D eigenvalue weighted by Crippen LogP contribution is 2.25. The molecule has 0 aliphatic heterocycles. The molecule has 1 aromatic heterocycles. The Morgan fingerprint density at radius 3 is 2.67 bits per heavy atom. The molecule has 6 heteroatoms. The van der Waals surface area contributed by atoms with E-state index in [1.807, 2.05) is 0 Å². The third-order valence-electron chi connectivity index (χ3n) is 2.43. The maximum Gasteiger partial charge on any atom is 0.226 e. The highest BCUT2D eigenvalue weighted by molar-refractivity contribution is 5.84. The van der Waals surface area contributed by atoms with Gasteiger partial charge in [-0.3, -0.25) is 0 Å². The molecule has 18 heavy (non-hydrogen) atoms. The van der Waals surface area contributed by atoms with E-state index in [1.165, 1.54) is 35.2 Å². The molecule has 0 atom stereocenters. The highest BCUT2D eigenvalue weighted by atomic mass is 19.1. The van der Waals surface area contributed by atoms with Crippen molar-refractivity contribution in [3.63, 3.8) is 0 Å². The first kappa shape index (κ1) is 12.1. The topological polar surface area (TPSA) is 59.6 Å². The van der Waals surface area contributed by atoms with Crippen LogP contribution in [0.1, 0.15) is 11.3 Å².